The van der Waals surface area contributed by atoms with E-state index < -0.39 is 0 Å². The first-order chi connectivity index (χ1) is 7.33. The number of hydrogen-bond donors (Lipinski definition) is 0. The van der Waals surface area contributed by atoms with E-state index in [-0.39, 0.29) is 5.92 Å². The number of rotatable bonds is 0. The van der Waals surface area contributed by atoms with Crippen molar-refractivity contribution in [2.45, 2.75) is 18.3 Å². The fourth-order valence-electron chi connectivity index (χ4n) is 2.69. The van der Waals surface area contributed by atoms with Crippen LogP contribution >= 0.6 is 0 Å². The SMILES string of the molecule is N#CC1=C[C@H]2C[C@@H]1c1cc(C#N)ccc12. The monoisotopic (exact) mass is 192 g/mol. The van der Waals surface area contributed by atoms with Crippen LogP contribution in [0.1, 0.15) is 34.9 Å². The van der Waals surface area contributed by atoms with Gasteiger partial charge in [-0.3, -0.25) is 0 Å². The zero-order valence-corrected chi connectivity index (χ0v) is 8.07. The van der Waals surface area contributed by atoms with Gasteiger partial charge in [-0.2, -0.15) is 10.5 Å². The van der Waals surface area contributed by atoms with Crippen LogP contribution in [-0.4, -0.2) is 0 Å². The summed E-state index contributed by atoms with van der Waals surface area (Å²) < 4.78 is 0. The molecule has 70 valence electrons. The van der Waals surface area contributed by atoms with Crippen LogP contribution in [0.4, 0.5) is 0 Å². The molecule has 0 aliphatic heterocycles. The normalized spacial score (nSPS) is 25.3. The summed E-state index contributed by atoms with van der Waals surface area (Å²) in [6.07, 6.45) is 3.09. The quantitative estimate of drug-likeness (QED) is 0.634. The van der Waals surface area contributed by atoms with Gasteiger partial charge in [0, 0.05) is 17.4 Å². The molecule has 0 spiro atoms. The minimum atomic E-state index is 0.253. The van der Waals surface area contributed by atoms with Gasteiger partial charge in [-0.25, -0.2) is 0 Å². The highest BCUT2D eigenvalue weighted by Gasteiger charge is 2.37. The third-order valence-electron chi connectivity index (χ3n) is 3.37. The number of hydrogen-bond acceptors (Lipinski definition) is 2. The Kier molecular flexibility index (Phi) is 1.50. The lowest BCUT2D eigenvalue weighted by molar-refractivity contribution is 0.794. The maximum atomic E-state index is 8.96. The van der Waals surface area contributed by atoms with Crippen LogP contribution in [0.3, 0.4) is 0 Å². The number of benzene rings is 1. The van der Waals surface area contributed by atoms with Crippen molar-refractivity contribution in [1.29, 1.82) is 10.5 Å². The molecule has 0 fully saturated rings. The number of fused-ring (bicyclic) bond motifs is 5. The Morgan fingerprint density at radius 1 is 1.13 bits per heavy atom. The molecule has 0 saturated heterocycles. The van der Waals surface area contributed by atoms with Crippen molar-refractivity contribution in [2.24, 2.45) is 0 Å². The van der Waals surface area contributed by atoms with E-state index in [1.807, 2.05) is 18.2 Å². The second-order valence-electron chi connectivity index (χ2n) is 4.08. The molecular weight excluding hydrogens is 184 g/mol. The van der Waals surface area contributed by atoms with Crippen molar-refractivity contribution >= 4 is 0 Å². The van der Waals surface area contributed by atoms with Gasteiger partial charge < -0.3 is 0 Å². The Bertz CT molecular complexity index is 555. The maximum absolute atomic E-state index is 8.96. The van der Waals surface area contributed by atoms with E-state index in [4.69, 9.17) is 10.5 Å². The predicted octanol–water partition coefficient (Wildman–Crippen LogP) is 2.59. The summed E-state index contributed by atoms with van der Waals surface area (Å²) in [5, 5.41) is 17.8. The summed E-state index contributed by atoms with van der Waals surface area (Å²) in [6.45, 7) is 0. The minimum Gasteiger partial charge on any atom is -0.193 e. The topological polar surface area (TPSA) is 47.6 Å². The van der Waals surface area contributed by atoms with Crippen molar-refractivity contribution in [3.05, 3.63) is 46.5 Å². The number of nitriles is 2. The lowest BCUT2D eigenvalue weighted by Crippen LogP contribution is -1.98. The van der Waals surface area contributed by atoms with Crippen molar-refractivity contribution < 1.29 is 0 Å². The Morgan fingerprint density at radius 3 is 2.73 bits per heavy atom. The molecule has 0 saturated carbocycles. The van der Waals surface area contributed by atoms with Crippen LogP contribution in [0.5, 0.6) is 0 Å². The predicted molar refractivity (Wildman–Crippen MR) is 55.0 cm³/mol. The van der Waals surface area contributed by atoms with Crippen molar-refractivity contribution in [1.82, 2.24) is 0 Å². The Balaban J connectivity index is 2.17. The minimum absolute atomic E-state index is 0.253. The molecule has 1 aromatic carbocycles. The molecule has 0 unspecified atom stereocenters. The summed E-state index contributed by atoms with van der Waals surface area (Å²) in [4.78, 5) is 0. The molecule has 0 aromatic heterocycles. The summed E-state index contributed by atoms with van der Waals surface area (Å²) in [7, 11) is 0. The molecule has 2 aliphatic rings. The van der Waals surface area contributed by atoms with Crippen LogP contribution in [0.2, 0.25) is 0 Å². The standard InChI is InChI=1S/C13H8N2/c14-6-8-1-2-11-9-4-10(7-15)12(5-9)13(11)3-8/h1-4,9,12H,5H2/t9-,12-/m0/s1. The molecule has 3 rings (SSSR count). The van der Waals surface area contributed by atoms with Crippen molar-refractivity contribution in [2.75, 3.05) is 0 Å². The van der Waals surface area contributed by atoms with Crippen molar-refractivity contribution in [3.8, 4) is 12.1 Å². The second-order valence-corrected chi connectivity index (χ2v) is 4.08. The van der Waals surface area contributed by atoms with Gasteiger partial charge in [0.15, 0.2) is 0 Å². The highest BCUT2D eigenvalue weighted by atomic mass is 14.4. The van der Waals surface area contributed by atoms with Gasteiger partial charge in [0.25, 0.3) is 0 Å². The largest absolute Gasteiger partial charge is 0.193 e. The Morgan fingerprint density at radius 2 is 2.00 bits per heavy atom. The Labute approximate surface area is 88.1 Å². The van der Waals surface area contributed by atoms with Crippen LogP contribution < -0.4 is 0 Å². The van der Waals surface area contributed by atoms with Crippen LogP contribution in [0.25, 0.3) is 0 Å². The van der Waals surface area contributed by atoms with E-state index in [0.717, 1.165) is 12.0 Å². The molecule has 2 nitrogen and oxygen atoms in total. The fraction of sp³-hybridized carbons (Fsp3) is 0.231. The molecule has 1 aromatic rings. The summed E-state index contributed by atoms with van der Waals surface area (Å²) >= 11 is 0. The van der Waals surface area contributed by atoms with E-state index in [2.05, 4.69) is 18.2 Å². The highest BCUT2D eigenvalue weighted by molar-refractivity contribution is 5.56. The third-order valence-corrected chi connectivity index (χ3v) is 3.37. The summed E-state index contributed by atoms with van der Waals surface area (Å²) in [6, 6.07) is 10.2. The van der Waals surface area contributed by atoms with Crippen LogP contribution in [-0.2, 0) is 0 Å². The van der Waals surface area contributed by atoms with E-state index in [9.17, 15) is 0 Å². The molecule has 2 atom stereocenters. The van der Waals surface area contributed by atoms with Crippen LogP contribution in [0.15, 0.2) is 29.8 Å². The molecular formula is C13H8N2. The molecule has 0 radical (unpaired) electrons. The van der Waals surface area contributed by atoms with E-state index in [0.29, 0.717) is 11.5 Å². The molecule has 0 heterocycles. The number of allylic oxidation sites excluding steroid dienone is 2. The second kappa shape index (κ2) is 2.72. The molecule has 2 bridgehead atoms. The average molecular weight is 192 g/mol. The van der Waals surface area contributed by atoms with Gasteiger partial charge >= 0.3 is 0 Å². The van der Waals surface area contributed by atoms with Crippen LogP contribution in [0, 0.1) is 22.7 Å². The zero-order chi connectivity index (χ0) is 10.4. The van der Waals surface area contributed by atoms with Gasteiger partial charge in [0.05, 0.1) is 17.7 Å². The molecule has 0 amide bonds. The molecule has 0 N–H and O–H groups in total. The smallest absolute Gasteiger partial charge is 0.0991 e. The van der Waals surface area contributed by atoms with E-state index >= 15 is 0 Å². The zero-order valence-electron chi connectivity index (χ0n) is 8.07. The third kappa shape index (κ3) is 0.966. The fourth-order valence-corrected chi connectivity index (χ4v) is 2.69. The summed E-state index contributed by atoms with van der Waals surface area (Å²) in [5.41, 5.74) is 4.07. The first-order valence-corrected chi connectivity index (χ1v) is 4.99. The Hall–Kier alpha value is -2.06. The molecule has 15 heavy (non-hydrogen) atoms. The molecule has 2 aliphatic carbocycles. The lowest BCUT2D eigenvalue weighted by Gasteiger charge is -2.12. The first-order valence-electron chi connectivity index (χ1n) is 4.99. The maximum Gasteiger partial charge on any atom is 0.0991 e. The highest BCUT2D eigenvalue weighted by Crippen LogP contribution is 2.52. The first kappa shape index (κ1) is 8.26. The van der Waals surface area contributed by atoms with Gasteiger partial charge in [-0.1, -0.05) is 12.1 Å². The van der Waals surface area contributed by atoms with E-state index in [1.54, 1.807) is 0 Å². The number of nitrogens with zero attached hydrogens (tertiary/aromatic N) is 2. The average Bonchev–Trinajstić information content (AvgIpc) is 2.86. The molecule has 2 heteroatoms. The summed E-state index contributed by atoms with van der Waals surface area (Å²) in [5.74, 6) is 0.663. The van der Waals surface area contributed by atoms with Gasteiger partial charge in [0.1, 0.15) is 0 Å². The lowest BCUT2D eigenvalue weighted by atomic mass is 9.90. The van der Waals surface area contributed by atoms with Gasteiger partial charge in [0.2, 0.25) is 0 Å². The van der Waals surface area contributed by atoms with Gasteiger partial charge in [-0.05, 0) is 29.7 Å². The van der Waals surface area contributed by atoms with Crippen molar-refractivity contribution in [3.63, 3.8) is 0 Å². The van der Waals surface area contributed by atoms with Gasteiger partial charge in [-0.15, -0.1) is 0 Å². The van der Waals surface area contributed by atoms with E-state index in [1.165, 1.54) is 11.1 Å².